The lowest BCUT2D eigenvalue weighted by Gasteiger charge is -2.37. The van der Waals surface area contributed by atoms with Crippen molar-refractivity contribution in [1.29, 1.82) is 5.26 Å². The first kappa shape index (κ1) is 17.9. The summed E-state index contributed by atoms with van der Waals surface area (Å²) in [5, 5.41) is 14.4. The van der Waals surface area contributed by atoms with Gasteiger partial charge in [-0.25, -0.2) is 9.18 Å². The fourth-order valence-corrected chi connectivity index (χ4v) is 3.65. The predicted molar refractivity (Wildman–Crippen MR) is 98.5 cm³/mol. The lowest BCUT2D eigenvalue weighted by atomic mass is 9.98. The van der Waals surface area contributed by atoms with Gasteiger partial charge in [0.1, 0.15) is 18.4 Å². The standard InChI is InChI=1S/C20H18FN5O2/c1-12(16-4-2-13(9-22)10-23-16)24-18(27)11-26-19(28)25-17-5-3-14(21)8-15(17)20(26)6-7-20/h2-5,8,10,12H,6-7,11H2,1H3,(H,24,27)(H,25,28)/t12-/m1/s1. The number of rotatable bonds is 4. The number of amides is 3. The van der Waals surface area contributed by atoms with Crippen molar-refractivity contribution >= 4 is 17.6 Å². The van der Waals surface area contributed by atoms with Crippen LogP contribution in [0.1, 0.15) is 42.6 Å². The van der Waals surface area contributed by atoms with Crippen LogP contribution < -0.4 is 10.6 Å². The van der Waals surface area contributed by atoms with Crippen molar-refractivity contribution in [3.05, 3.63) is 59.2 Å². The molecule has 1 aliphatic carbocycles. The average molecular weight is 379 g/mol. The van der Waals surface area contributed by atoms with Crippen molar-refractivity contribution in [3.8, 4) is 6.07 Å². The van der Waals surface area contributed by atoms with Gasteiger partial charge in [0.15, 0.2) is 0 Å². The predicted octanol–water partition coefficient (Wildman–Crippen LogP) is 2.81. The number of carbonyl (C=O) groups excluding carboxylic acids is 2. The smallest absolute Gasteiger partial charge is 0.323 e. The molecule has 28 heavy (non-hydrogen) atoms. The van der Waals surface area contributed by atoms with E-state index in [2.05, 4.69) is 15.6 Å². The van der Waals surface area contributed by atoms with E-state index in [0.717, 1.165) is 0 Å². The van der Waals surface area contributed by atoms with Gasteiger partial charge in [-0.3, -0.25) is 9.78 Å². The summed E-state index contributed by atoms with van der Waals surface area (Å²) in [6.45, 7) is 1.64. The first-order valence-corrected chi connectivity index (χ1v) is 8.97. The summed E-state index contributed by atoms with van der Waals surface area (Å²) in [5.74, 6) is -0.703. The summed E-state index contributed by atoms with van der Waals surface area (Å²) < 4.78 is 13.7. The van der Waals surface area contributed by atoms with Crippen molar-refractivity contribution in [3.63, 3.8) is 0 Å². The quantitative estimate of drug-likeness (QED) is 0.853. The summed E-state index contributed by atoms with van der Waals surface area (Å²) in [6, 6.07) is 8.85. The van der Waals surface area contributed by atoms with Crippen LogP contribution in [0.4, 0.5) is 14.9 Å². The molecule has 1 aliphatic heterocycles. The first-order valence-electron chi connectivity index (χ1n) is 8.97. The van der Waals surface area contributed by atoms with Crippen LogP contribution in [0, 0.1) is 17.1 Å². The van der Waals surface area contributed by atoms with E-state index in [1.54, 1.807) is 25.1 Å². The number of benzene rings is 1. The third-order valence-corrected chi connectivity index (χ3v) is 5.25. The van der Waals surface area contributed by atoms with Crippen LogP contribution in [-0.4, -0.2) is 28.4 Å². The van der Waals surface area contributed by atoms with Crippen molar-refractivity contribution < 1.29 is 14.0 Å². The summed E-state index contributed by atoms with van der Waals surface area (Å²) in [7, 11) is 0. The lowest BCUT2D eigenvalue weighted by molar-refractivity contribution is -0.123. The van der Waals surface area contributed by atoms with Crippen molar-refractivity contribution in [2.75, 3.05) is 11.9 Å². The largest absolute Gasteiger partial charge is 0.346 e. The molecule has 0 radical (unpaired) electrons. The highest BCUT2D eigenvalue weighted by atomic mass is 19.1. The van der Waals surface area contributed by atoms with E-state index in [4.69, 9.17) is 5.26 Å². The Kier molecular flexibility index (Phi) is 4.23. The molecule has 2 heterocycles. The van der Waals surface area contributed by atoms with Gasteiger partial charge < -0.3 is 15.5 Å². The van der Waals surface area contributed by atoms with Crippen molar-refractivity contribution in [1.82, 2.24) is 15.2 Å². The van der Waals surface area contributed by atoms with Crippen molar-refractivity contribution in [2.45, 2.75) is 31.3 Å². The second-order valence-corrected chi connectivity index (χ2v) is 7.11. The van der Waals surface area contributed by atoms with Gasteiger partial charge in [0, 0.05) is 17.4 Å². The number of nitriles is 1. The second-order valence-electron chi connectivity index (χ2n) is 7.11. The molecule has 0 unspecified atom stereocenters. The molecular weight excluding hydrogens is 361 g/mol. The maximum absolute atomic E-state index is 13.7. The van der Waals surface area contributed by atoms with E-state index in [1.165, 1.54) is 23.2 Å². The number of hydrogen-bond donors (Lipinski definition) is 2. The highest BCUT2D eigenvalue weighted by Crippen LogP contribution is 2.55. The number of urea groups is 1. The highest BCUT2D eigenvalue weighted by Gasteiger charge is 2.55. The Hall–Kier alpha value is -3.47. The Balaban J connectivity index is 1.48. The Labute approximate surface area is 161 Å². The van der Waals surface area contributed by atoms with Gasteiger partial charge in [0.05, 0.1) is 22.8 Å². The van der Waals surface area contributed by atoms with Crippen LogP contribution in [0.15, 0.2) is 36.5 Å². The van der Waals surface area contributed by atoms with Crippen LogP contribution in [0.25, 0.3) is 0 Å². The monoisotopic (exact) mass is 379 g/mol. The van der Waals surface area contributed by atoms with Crippen molar-refractivity contribution in [2.24, 2.45) is 0 Å². The minimum absolute atomic E-state index is 0.137. The zero-order valence-electron chi connectivity index (χ0n) is 15.2. The zero-order valence-corrected chi connectivity index (χ0v) is 15.2. The van der Waals surface area contributed by atoms with Crippen LogP contribution in [0.2, 0.25) is 0 Å². The summed E-state index contributed by atoms with van der Waals surface area (Å²) in [5.41, 5.74) is 1.74. The van der Waals surface area contributed by atoms with E-state index >= 15 is 0 Å². The molecule has 1 spiro atoms. The summed E-state index contributed by atoms with van der Waals surface area (Å²) >= 11 is 0. The molecule has 1 saturated carbocycles. The normalized spacial score (nSPS) is 17.3. The Morgan fingerprint density at radius 2 is 2.21 bits per heavy atom. The van der Waals surface area contributed by atoms with Crippen LogP contribution in [0.5, 0.6) is 0 Å². The third-order valence-electron chi connectivity index (χ3n) is 5.25. The molecule has 1 fully saturated rings. The number of nitrogens with one attached hydrogen (secondary N) is 2. The number of anilines is 1. The maximum Gasteiger partial charge on any atom is 0.323 e. The Morgan fingerprint density at radius 1 is 1.43 bits per heavy atom. The molecule has 142 valence electrons. The van der Waals surface area contributed by atoms with E-state index in [0.29, 0.717) is 35.3 Å². The number of halogens is 1. The van der Waals surface area contributed by atoms with Gasteiger partial charge in [-0.15, -0.1) is 0 Å². The van der Waals surface area contributed by atoms with Crippen LogP contribution in [0.3, 0.4) is 0 Å². The topological polar surface area (TPSA) is 98.1 Å². The van der Waals surface area contributed by atoms with Gasteiger partial charge >= 0.3 is 6.03 Å². The molecule has 4 rings (SSSR count). The van der Waals surface area contributed by atoms with E-state index in [-0.39, 0.29) is 30.3 Å². The number of pyridine rings is 1. The molecule has 2 aliphatic rings. The molecule has 7 nitrogen and oxygen atoms in total. The number of hydrogen-bond acceptors (Lipinski definition) is 4. The molecule has 8 heteroatoms. The van der Waals surface area contributed by atoms with Gasteiger partial charge in [-0.05, 0) is 50.1 Å². The molecule has 1 aromatic heterocycles. The molecule has 0 bridgehead atoms. The van der Waals surface area contributed by atoms with Gasteiger partial charge in [-0.2, -0.15) is 5.26 Å². The SMILES string of the molecule is C[C@@H](NC(=O)CN1C(=O)Nc2ccc(F)cc2C12CC2)c1ccc(C#N)cn1. The average Bonchev–Trinajstić information content (AvgIpc) is 3.47. The number of fused-ring (bicyclic) bond motifs is 2. The number of aromatic nitrogens is 1. The first-order chi connectivity index (χ1) is 13.4. The fraction of sp³-hybridized carbons (Fsp3) is 0.300. The molecule has 2 N–H and O–H groups in total. The lowest BCUT2D eigenvalue weighted by Crippen LogP contribution is -2.51. The maximum atomic E-state index is 13.7. The Bertz CT molecular complexity index is 995. The van der Waals surface area contributed by atoms with E-state index < -0.39 is 5.54 Å². The zero-order chi connectivity index (χ0) is 19.9. The molecule has 2 aromatic rings. The molecule has 3 amide bonds. The van der Waals surface area contributed by atoms with Gasteiger partial charge in [0.25, 0.3) is 0 Å². The van der Waals surface area contributed by atoms with Crippen LogP contribution >= 0.6 is 0 Å². The summed E-state index contributed by atoms with van der Waals surface area (Å²) in [6.07, 6.45) is 2.83. The third kappa shape index (κ3) is 3.05. The minimum Gasteiger partial charge on any atom is -0.346 e. The molecular formula is C20H18FN5O2. The highest BCUT2D eigenvalue weighted by molar-refractivity contribution is 5.96. The van der Waals surface area contributed by atoms with Gasteiger partial charge in [-0.1, -0.05) is 0 Å². The van der Waals surface area contributed by atoms with Crippen LogP contribution in [-0.2, 0) is 10.3 Å². The number of carbonyl (C=O) groups is 2. The van der Waals surface area contributed by atoms with E-state index in [1.807, 2.05) is 6.07 Å². The Morgan fingerprint density at radius 3 is 2.86 bits per heavy atom. The molecule has 1 atom stereocenters. The second kappa shape index (κ2) is 6.60. The molecule has 0 saturated heterocycles. The summed E-state index contributed by atoms with van der Waals surface area (Å²) in [4.78, 5) is 30.8. The minimum atomic E-state index is -0.618. The fourth-order valence-electron chi connectivity index (χ4n) is 3.65. The molecule has 1 aromatic carbocycles. The van der Waals surface area contributed by atoms with E-state index in [9.17, 15) is 14.0 Å². The van der Waals surface area contributed by atoms with Gasteiger partial charge in [0.2, 0.25) is 5.91 Å². The number of nitrogens with zero attached hydrogens (tertiary/aromatic N) is 3.